The van der Waals surface area contributed by atoms with Gasteiger partial charge in [0.25, 0.3) is 0 Å². The van der Waals surface area contributed by atoms with Gasteiger partial charge in [0.2, 0.25) is 0 Å². The molecule has 0 fully saturated rings. The maximum atomic E-state index is 3.36. The van der Waals surface area contributed by atoms with Crippen molar-refractivity contribution in [3.8, 4) is 0 Å². The summed E-state index contributed by atoms with van der Waals surface area (Å²) < 4.78 is 0. The first kappa shape index (κ1) is 19.8. The Balaban J connectivity index is 0. The van der Waals surface area contributed by atoms with E-state index in [-0.39, 0.29) is 0 Å². The minimum Gasteiger partial charge on any atom is -0.103 e. The van der Waals surface area contributed by atoms with Crippen LogP contribution in [0.25, 0.3) is 0 Å². The topological polar surface area (TPSA) is 0 Å². The fourth-order valence-electron chi connectivity index (χ4n) is 1.28. The molecule has 0 spiro atoms. The van der Waals surface area contributed by atoms with Crippen LogP contribution in [-0.4, -0.2) is 0 Å². The smallest absolute Gasteiger partial charge is 0.0310 e. The zero-order chi connectivity index (χ0) is 14.9. The van der Waals surface area contributed by atoms with Crippen LogP contribution in [0.15, 0.2) is 66.8 Å². The third-order valence-corrected chi connectivity index (χ3v) is 2.12. The van der Waals surface area contributed by atoms with Crippen LogP contribution in [-0.2, 0) is 0 Å². The lowest BCUT2D eigenvalue weighted by Gasteiger charge is -1.96. The molecule has 0 aliphatic heterocycles. The number of aryl methyl sites for hydroxylation is 1. The lowest BCUT2D eigenvalue weighted by atomic mass is 10.1. The first-order valence-electron chi connectivity index (χ1n) is 7.12. The second-order valence-electron chi connectivity index (χ2n) is 3.99. The molecule has 0 bridgehead atoms. The van der Waals surface area contributed by atoms with Gasteiger partial charge in [0.05, 0.1) is 0 Å². The van der Waals surface area contributed by atoms with Crippen LogP contribution in [0, 0.1) is 6.92 Å². The van der Waals surface area contributed by atoms with Gasteiger partial charge in [0.15, 0.2) is 0 Å². The Bertz CT molecular complexity index is 342. The van der Waals surface area contributed by atoms with E-state index in [0.717, 1.165) is 0 Å². The largest absolute Gasteiger partial charge is 0.103 e. The molecule has 1 aliphatic carbocycles. The van der Waals surface area contributed by atoms with Crippen LogP contribution in [0.4, 0.5) is 0 Å². The lowest BCUT2D eigenvalue weighted by molar-refractivity contribution is 1.02. The van der Waals surface area contributed by atoms with Crippen molar-refractivity contribution in [3.63, 3.8) is 0 Å². The maximum absolute atomic E-state index is 3.36. The predicted octanol–water partition coefficient (Wildman–Crippen LogP) is 6.50. The fraction of sp³-hybridized carbons (Fsp3) is 0.368. The van der Waals surface area contributed by atoms with Crippen molar-refractivity contribution < 1.29 is 0 Å². The van der Waals surface area contributed by atoms with E-state index in [9.17, 15) is 0 Å². The Labute approximate surface area is 120 Å². The number of benzene rings is 1. The summed E-state index contributed by atoms with van der Waals surface area (Å²) in [5.74, 6) is 0. The minimum atomic E-state index is 1.23. The van der Waals surface area contributed by atoms with Crippen LogP contribution >= 0.6 is 0 Å². The van der Waals surface area contributed by atoms with Gasteiger partial charge in [-0.1, -0.05) is 79.6 Å². The number of hydrogen-bond acceptors (Lipinski definition) is 0. The summed E-state index contributed by atoms with van der Waals surface area (Å²) in [4.78, 5) is 0. The molecule has 0 unspecified atom stereocenters. The van der Waals surface area contributed by atoms with Crippen molar-refractivity contribution in [2.75, 3.05) is 0 Å². The van der Waals surface area contributed by atoms with Gasteiger partial charge in [-0.25, -0.2) is 0 Å². The van der Waals surface area contributed by atoms with E-state index in [1.54, 1.807) is 6.08 Å². The molecule has 1 aromatic rings. The summed E-state index contributed by atoms with van der Waals surface area (Å²) in [7, 11) is 0. The molecule has 106 valence electrons. The molecule has 1 aliphatic rings. The van der Waals surface area contributed by atoms with Crippen LogP contribution in [0.1, 0.15) is 46.1 Å². The van der Waals surface area contributed by atoms with Crippen molar-refractivity contribution in [1.29, 1.82) is 0 Å². The Morgan fingerprint density at radius 1 is 1.00 bits per heavy atom. The summed E-state index contributed by atoms with van der Waals surface area (Å²) in [6.45, 7) is 13.5. The van der Waals surface area contributed by atoms with Crippen LogP contribution in [0.5, 0.6) is 0 Å². The van der Waals surface area contributed by atoms with Crippen LogP contribution in [0.3, 0.4) is 0 Å². The van der Waals surface area contributed by atoms with Gasteiger partial charge in [0, 0.05) is 0 Å². The van der Waals surface area contributed by atoms with Gasteiger partial charge in [-0.2, -0.15) is 0 Å². The van der Waals surface area contributed by atoms with Crippen LogP contribution < -0.4 is 0 Å². The normalized spacial score (nSPS) is 11.3. The monoisotopic (exact) mass is 258 g/mol. The average Bonchev–Trinajstić information content (AvgIpc) is 2.44. The van der Waals surface area contributed by atoms with Gasteiger partial charge < -0.3 is 0 Å². The van der Waals surface area contributed by atoms with E-state index in [4.69, 9.17) is 0 Å². The minimum absolute atomic E-state index is 1.23. The second-order valence-corrected chi connectivity index (χ2v) is 3.99. The maximum Gasteiger partial charge on any atom is -0.0310 e. The van der Waals surface area contributed by atoms with Gasteiger partial charge in [-0.15, -0.1) is 6.58 Å². The van der Waals surface area contributed by atoms with E-state index in [1.165, 1.54) is 24.0 Å². The molecule has 0 heteroatoms. The Kier molecular flexibility index (Phi) is 17.1. The highest BCUT2D eigenvalue weighted by atomic mass is 13.9. The molecular weight excluding hydrogens is 228 g/mol. The highest BCUT2D eigenvalue weighted by Crippen LogP contribution is 2.06. The standard InChI is InChI=1S/C7H10.C7H8.C3H6.C2H6/c2*1-7-5-3-2-4-6-7;1-3-2;1-2/h3,5-6H,2,4H2,1H3;2-6H,1H3;3H,1H2,2H3;1-2H3. The summed E-state index contributed by atoms with van der Waals surface area (Å²) in [6, 6.07) is 10.3. The van der Waals surface area contributed by atoms with Gasteiger partial charge in [-0.3, -0.25) is 0 Å². The lowest BCUT2D eigenvalue weighted by Crippen LogP contribution is -1.76. The molecule has 0 heterocycles. The summed E-state index contributed by atoms with van der Waals surface area (Å²) >= 11 is 0. The number of hydrogen-bond donors (Lipinski definition) is 0. The molecule has 2 rings (SSSR count). The Morgan fingerprint density at radius 2 is 1.53 bits per heavy atom. The van der Waals surface area contributed by atoms with Crippen molar-refractivity contribution in [2.24, 2.45) is 0 Å². The van der Waals surface area contributed by atoms with E-state index < -0.39 is 0 Å². The zero-order valence-electron chi connectivity index (χ0n) is 13.3. The zero-order valence-corrected chi connectivity index (χ0v) is 13.3. The quantitative estimate of drug-likeness (QED) is 0.466. The van der Waals surface area contributed by atoms with E-state index >= 15 is 0 Å². The fourth-order valence-corrected chi connectivity index (χ4v) is 1.28. The molecule has 1 aromatic carbocycles. The summed E-state index contributed by atoms with van der Waals surface area (Å²) in [6.07, 6.45) is 10.9. The molecule has 0 atom stereocenters. The van der Waals surface area contributed by atoms with Crippen molar-refractivity contribution >= 4 is 0 Å². The Morgan fingerprint density at radius 3 is 1.74 bits per heavy atom. The molecular formula is C19H30. The third-order valence-electron chi connectivity index (χ3n) is 2.12. The predicted molar refractivity (Wildman–Crippen MR) is 90.5 cm³/mol. The van der Waals surface area contributed by atoms with Crippen molar-refractivity contribution in [3.05, 3.63) is 72.4 Å². The first-order valence-corrected chi connectivity index (χ1v) is 7.12. The van der Waals surface area contributed by atoms with Crippen molar-refractivity contribution in [2.45, 2.75) is 47.5 Å². The van der Waals surface area contributed by atoms with Crippen LogP contribution in [0.2, 0.25) is 0 Å². The van der Waals surface area contributed by atoms with Crippen molar-refractivity contribution in [1.82, 2.24) is 0 Å². The molecule has 0 saturated heterocycles. The highest BCUT2D eigenvalue weighted by Gasteiger charge is 1.86. The summed E-state index contributed by atoms with van der Waals surface area (Å²) in [5, 5.41) is 0. The first-order chi connectivity index (χ1) is 9.20. The molecule has 0 nitrogen and oxygen atoms in total. The van der Waals surface area contributed by atoms with E-state index in [1.807, 2.05) is 39.0 Å². The van der Waals surface area contributed by atoms with Gasteiger partial charge in [-0.05, 0) is 33.6 Å². The average molecular weight is 258 g/mol. The highest BCUT2D eigenvalue weighted by molar-refractivity contribution is 5.19. The number of allylic oxidation sites excluding steroid dienone is 5. The third kappa shape index (κ3) is 16.4. The molecule has 0 aromatic heterocycles. The second kappa shape index (κ2) is 16.4. The summed E-state index contributed by atoms with van der Waals surface area (Å²) in [5.41, 5.74) is 2.73. The van der Waals surface area contributed by atoms with Gasteiger partial charge >= 0.3 is 0 Å². The number of rotatable bonds is 0. The molecule has 0 saturated carbocycles. The Hall–Kier alpha value is -1.56. The molecule has 0 radical (unpaired) electrons. The van der Waals surface area contributed by atoms with E-state index in [2.05, 4.69) is 50.8 Å². The molecule has 19 heavy (non-hydrogen) atoms. The van der Waals surface area contributed by atoms with E-state index in [0.29, 0.717) is 0 Å². The molecule has 0 N–H and O–H groups in total. The molecule has 0 amide bonds. The van der Waals surface area contributed by atoms with Gasteiger partial charge in [0.1, 0.15) is 0 Å². The SMILES string of the molecule is C=CC.CC.CC1=CCCC=C1.Cc1ccccc1.